The molecule has 0 atom stereocenters. The summed E-state index contributed by atoms with van der Waals surface area (Å²) < 4.78 is 21.7. The van der Waals surface area contributed by atoms with Crippen LogP contribution in [0.4, 0.5) is 0 Å². The van der Waals surface area contributed by atoms with Gasteiger partial charge in [0.05, 0.1) is 0 Å². The van der Waals surface area contributed by atoms with Crippen LogP contribution in [0.2, 0.25) is 6.04 Å². The number of thiazole rings is 1. The molecule has 0 spiro atoms. The lowest BCUT2D eigenvalue weighted by atomic mass is 10.3. The Balaban J connectivity index is 2.01. The van der Waals surface area contributed by atoms with Gasteiger partial charge in [-0.05, 0) is 24.2 Å². The molecule has 0 aliphatic carbocycles. The first kappa shape index (κ1) is 19.9. The zero-order valence-electron chi connectivity index (χ0n) is 15.0. The van der Waals surface area contributed by atoms with Crippen molar-refractivity contribution in [2.24, 2.45) is 0 Å². The number of para-hydroxylation sites is 1. The summed E-state index contributed by atoms with van der Waals surface area (Å²) in [4.78, 5) is 0. The average Bonchev–Trinajstić information content (AvgIpc) is 2.98. The molecule has 2 rings (SSSR count). The summed E-state index contributed by atoms with van der Waals surface area (Å²) in [7, 11) is 2.59. The van der Waals surface area contributed by atoms with Crippen LogP contribution in [0.1, 0.15) is 26.2 Å². The van der Waals surface area contributed by atoms with Gasteiger partial charge in [0, 0.05) is 45.6 Å². The highest BCUT2D eigenvalue weighted by Crippen LogP contribution is 2.29. The lowest BCUT2D eigenvalue weighted by molar-refractivity contribution is -0.702. The highest BCUT2D eigenvalue weighted by Gasteiger charge is 2.37. The van der Waals surface area contributed by atoms with Crippen LogP contribution in [0.3, 0.4) is 0 Å². The molecule has 24 heavy (non-hydrogen) atoms. The topological polar surface area (TPSA) is 31.6 Å². The van der Waals surface area contributed by atoms with Crippen molar-refractivity contribution in [3.8, 4) is 0 Å². The summed E-state index contributed by atoms with van der Waals surface area (Å²) in [6, 6.07) is 9.54. The first-order chi connectivity index (χ1) is 11.7. The van der Waals surface area contributed by atoms with Crippen molar-refractivity contribution in [2.75, 3.05) is 27.1 Å². The Morgan fingerprint density at radius 2 is 1.79 bits per heavy atom. The van der Waals surface area contributed by atoms with E-state index in [2.05, 4.69) is 35.8 Å². The summed E-state index contributed by atoms with van der Waals surface area (Å²) in [6.45, 7) is 3.34. The number of thioether (sulfide) groups is 1. The molecular formula is C17H28NO3S2Si+. The van der Waals surface area contributed by atoms with Crippen molar-refractivity contribution in [1.29, 1.82) is 0 Å². The van der Waals surface area contributed by atoms with Crippen LogP contribution in [0.15, 0.2) is 28.6 Å². The number of fused-ring (bicyclic) bond motifs is 1. The smallest absolute Gasteiger partial charge is 0.377 e. The van der Waals surface area contributed by atoms with Gasteiger partial charge in [-0.25, -0.2) is 0 Å². The summed E-state index contributed by atoms with van der Waals surface area (Å²) in [6.07, 6.45) is 3.45. The van der Waals surface area contributed by atoms with Crippen molar-refractivity contribution < 1.29 is 17.8 Å². The Labute approximate surface area is 154 Å². The fraction of sp³-hybridized carbons (Fsp3) is 0.588. The van der Waals surface area contributed by atoms with Gasteiger partial charge in [-0.3, -0.25) is 0 Å². The van der Waals surface area contributed by atoms with E-state index in [9.17, 15) is 0 Å². The molecule has 1 aromatic heterocycles. The minimum Gasteiger partial charge on any atom is -0.377 e. The normalized spacial score (nSPS) is 12.2. The third kappa shape index (κ3) is 4.80. The second-order valence-corrected chi connectivity index (χ2v) is 11.1. The summed E-state index contributed by atoms with van der Waals surface area (Å²) in [5, 5.41) is 0. The number of hydrogen-bond acceptors (Lipinski definition) is 5. The molecule has 0 radical (unpaired) electrons. The Kier molecular flexibility index (Phi) is 8.19. The maximum Gasteiger partial charge on any atom is 0.500 e. The minimum atomic E-state index is -2.44. The molecule has 0 fully saturated rings. The fourth-order valence-corrected chi connectivity index (χ4v) is 7.11. The number of hydrogen-bond donors (Lipinski definition) is 0. The van der Waals surface area contributed by atoms with Gasteiger partial charge in [-0.1, -0.05) is 36.8 Å². The van der Waals surface area contributed by atoms with Crippen molar-refractivity contribution in [1.82, 2.24) is 0 Å². The van der Waals surface area contributed by atoms with Crippen LogP contribution in [0, 0.1) is 0 Å². The van der Waals surface area contributed by atoms with E-state index in [-0.39, 0.29) is 0 Å². The summed E-state index contributed by atoms with van der Waals surface area (Å²) in [5.41, 5.74) is 1.35. The molecule has 0 unspecified atom stereocenters. The monoisotopic (exact) mass is 386 g/mol. The predicted octanol–water partition coefficient (Wildman–Crippen LogP) is 4.35. The van der Waals surface area contributed by atoms with Crippen LogP contribution in [-0.4, -0.2) is 35.9 Å². The second-order valence-electron chi connectivity index (χ2n) is 5.59. The molecule has 1 aromatic carbocycles. The molecule has 0 aliphatic rings. The van der Waals surface area contributed by atoms with Gasteiger partial charge in [-0.2, -0.15) is 4.57 Å². The van der Waals surface area contributed by atoms with E-state index in [4.69, 9.17) is 13.3 Å². The van der Waals surface area contributed by atoms with E-state index in [0.717, 1.165) is 24.8 Å². The maximum absolute atomic E-state index is 5.50. The maximum atomic E-state index is 5.50. The summed E-state index contributed by atoms with van der Waals surface area (Å²) in [5.74, 6) is 1.05. The number of rotatable bonds is 11. The lowest BCUT2D eigenvalue weighted by Gasteiger charge is -2.23. The Bertz CT molecular complexity index is 623. The molecule has 0 amide bonds. The number of aromatic nitrogens is 1. The van der Waals surface area contributed by atoms with E-state index in [1.54, 1.807) is 21.3 Å². The molecule has 1 heterocycles. The van der Waals surface area contributed by atoms with Gasteiger partial charge in [-0.15, -0.1) is 0 Å². The van der Waals surface area contributed by atoms with E-state index in [1.807, 2.05) is 23.1 Å². The third-order valence-corrected chi connectivity index (χ3v) is 9.45. The Morgan fingerprint density at radius 3 is 2.46 bits per heavy atom. The van der Waals surface area contributed by atoms with Gasteiger partial charge in [0.25, 0.3) is 4.34 Å². The number of unbranched alkanes of at least 4 members (excludes halogenated alkanes) is 1. The number of aryl methyl sites for hydroxylation is 1. The molecular weight excluding hydrogens is 358 g/mol. The van der Waals surface area contributed by atoms with E-state index in [0.29, 0.717) is 0 Å². The van der Waals surface area contributed by atoms with Crippen molar-refractivity contribution in [3.05, 3.63) is 24.3 Å². The minimum absolute atomic E-state index is 0.851. The van der Waals surface area contributed by atoms with E-state index >= 15 is 0 Å². The van der Waals surface area contributed by atoms with Gasteiger partial charge < -0.3 is 13.3 Å². The highest BCUT2D eigenvalue weighted by atomic mass is 32.2. The Hall–Kier alpha value is -0.443. The van der Waals surface area contributed by atoms with Gasteiger partial charge in [0.15, 0.2) is 6.54 Å². The first-order valence-electron chi connectivity index (χ1n) is 8.39. The molecule has 0 N–H and O–H groups in total. The molecule has 0 bridgehead atoms. The van der Waals surface area contributed by atoms with E-state index < -0.39 is 8.80 Å². The quantitative estimate of drug-likeness (QED) is 0.249. The molecule has 0 saturated carbocycles. The van der Waals surface area contributed by atoms with Gasteiger partial charge in [0.1, 0.15) is 4.70 Å². The van der Waals surface area contributed by atoms with Crippen molar-refractivity contribution in [2.45, 2.75) is 43.1 Å². The Morgan fingerprint density at radius 1 is 1.08 bits per heavy atom. The molecule has 0 saturated heterocycles. The molecule has 0 aliphatic heterocycles. The highest BCUT2D eigenvalue weighted by molar-refractivity contribution is 8.01. The molecule has 2 aromatic rings. The number of nitrogens with zero attached hydrogens (tertiary/aromatic N) is 1. The van der Waals surface area contributed by atoms with Crippen molar-refractivity contribution >= 4 is 42.1 Å². The second kappa shape index (κ2) is 9.89. The van der Waals surface area contributed by atoms with Crippen LogP contribution in [0.25, 0.3) is 10.2 Å². The molecule has 7 heteroatoms. The third-order valence-electron chi connectivity index (χ3n) is 4.09. The zero-order valence-corrected chi connectivity index (χ0v) is 17.7. The van der Waals surface area contributed by atoms with Crippen LogP contribution in [-0.2, 0) is 19.8 Å². The van der Waals surface area contributed by atoms with E-state index in [1.165, 1.54) is 27.4 Å². The first-order valence-corrected chi connectivity index (χ1v) is 12.1. The van der Waals surface area contributed by atoms with Crippen LogP contribution >= 0.6 is 23.1 Å². The van der Waals surface area contributed by atoms with Gasteiger partial charge in [0.2, 0.25) is 5.52 Å². The standard InChI is InChI=1S/C17H28NO3S2Si/c1-5-6-12-18-15-10-7-8-11-16(15)23-17(18)22-13-9-14-24(19-2,20-3)21-4/h7-8,10-11H,5-6,9,12-14H2,1-4H3/q+1. The van der Waals surface area contributed by atoms with Crippen molar-refractivity contribution in [3.63, 3.8) is 0 Å². The lowest BCUT2D eigenvalue weighted by Crippen LogP contribution is -2.42. The molecule has 4 nitrogen and oxygen atoms in total. The molecule has 134 valence electrons. The van der Waals surface area contributed by atoms with Gasteiger partial charge >= 0.3 is 8.80 Å². The zero-order chi connectivity index (χ0) is 17.4. The average molecular weight is 387 g/mol. The largest absolute Gasteiger partial charge is 0.500 e. The number of benzene rings is 1. The summed E-state index contributed by atoms with van der Waals surface area (Å²) >= 11 is 3.83. The van der Waals surface area contributed by atoms with Crippen LogP contribution in [0.5, 0.6) is 0 Å². The SMILES string of the molecule is CCCC[n+]1c(SCCC[Si](OC)(OC)OC)sc2ccccc21. The van der Waals surface area contributed by atoms with Crippen LogP contribution < -0.4 is 4.57 Å². The fourth-order valence-electron chi connectivity index (χ4n) is 2.65. The predicted molar refractivity (Wildman–Crippen MR) is 104 cm³/mol.